The molecule has 1 aliphatic heterocycles. The van der Waals surface area contributed by atoms with Gasteiger partial charge < -0.3 is 19.3 Å². The lowest BCUT2D eigenvalue weighted by atomic mass is 9.96. The van der Waals surface area contributed by atoms with Crippen LogP contribution in [0.5, 0.6) is 5.75 Å². The number of pyridine rings is 3. The van der Waals surface area contributed by atoms with Gasteiger partial charge in [0.05, 0.1) is 24.8 Å². The monoisotopic (exact) mass is 463 g/mol. The van der Waals surface area contributed by atoms with E-state index in [1.54, 1.807) is 54.2 Å². The molecule has 1 aliphatic rings. The quantitative estimate of drug-likeness (QED) is 0.600. The van der Waals surface area contributed by atoms with Gasteiger partial charge in [0.2, 0.25) is 0 Å². The number of rotatable bonds is 6. The first-order valence-corrected chi connectivity index (χ1v) is 11.4. The molecule has 0 bridgehead atoms. The number of aromatic hydroxyl groups is 1. The van der Waals surface area contributed by atoms with Crippen LogP contribution in [0.2, 0.25) is 0 Å². The molecule has 0 saturated carbocycles. The van der Waals surface area contributed by atoms with E-state index in [0.29, 0.717) is 50.6 Å². The van der Waals surface area contributed by atoms with Crippen LogP contribution in [0.1, 0.15) is 35.3 Å². The minimum atomic E-state index is -0.486. The van der Waals surface area contributed by atoms with Crippen molar-refractivity contribution in [1.29, 1.82) is 0 Å². The number of carbonyl (C=O) groups excluding carboxylic acids is 1. The predicted molar refractivity (Wildman–Crippen MR) is 127 cm³/mol. The van der Waals surface area contributed by atoms with Crippen LogP contribution in [0.3, 0.4) is 0 Å². The molecule has 0 unspecified atom stereocenters. The van der Waals surface area contributed by atoms with Gasteiger partial charge in [0.1, 0.15) is 5.75 Å². The van der Waals surface area contributed by atoms with E-state index >= 15 is 0 Å². The average molecular weight is 464 g/mol. The van der Waals surface area contributed by atoms with Crippen LogP contribution >= 0.6 is 0 Å². The molecule has 4 heterocycles. The third-order valence-electron chi connectivity index (χ3n) is 6.09. The zero-order valence-corrected chi connectivity index (χ0v) is 19.4. The van der Waals surface area contributed by atoms with E-state index < -0.39 is 6.04 Å². The summed E-state index contributed by atoms with van der Waals surface area (Å²) in [4.78, 5) is 38.0. The van der Waals surface area contributed by atoms with E-state index in [4.69, 9.17) is 4.74 Å². The normalized spacial score (nSPS) is 15.2. The van der Waals surface area contributed by atoms with Crippen molar-refractivity contribution < 1.29 is 14.6 Å². The van der Waals surface area contributed by atoms with E-state index in [9.17, 15) is 14.7 Å². The molecule has 0 aromatic carbocycles. The Morgan fingerprint density at radius 2 is 1.85 bits per heavy atom. The second kappa shape index (κ2) is 10.5. The minimum Gasteiger partial charge on any atom is -0.507 e. The summed E-state index contributed by atoms with van der Waals surface area (Å²) >= 11 is 0. The van der Waals surface area contributed by atoms with Gasteiger partial charge in [0.15, 0.2) is 0 Å². The second-order valence-corrected chi connectivity index (χ2v) is 8.24. The number of ether oxygens (including phenoxy) is 1. The number of aryl methyl sites for hydroxylation is 1. The van der Waals surface area contributed by atoms with Gasteiger partial charge in [0, 0.05) is 56.7 Å². The highest BCUT2D eigenvalue weighted by Gasteiger charge is 2.32. The highest BCUT2D eigenvalue weighted by molar-refractivity contribution is 5.67. The lowest BCUT2D eigenvalue weighted by Crippen LogP contribution is -2.50. The minimum absolute atomic E-state index is 0.0421. The average Bonchev–Trinajstić information content (AvgIpc) is 2.86. The number of carbonyl (C=O) groups is 1. The molecule has 9 nitrogen and oxygen atoms in total. The fourth-order valence-electron chi connectivity index (χ4n) is 4.38. The summed E-state index contributed by atoms with van der Waals surface area (Å²) in [5.74, 6) is -0.0421. The molecule has 1 saturated heterocycles. The van der Waals surface area contributed by atoms with Gasteiger partial charge in [-0.15, -0.1) is 0 Å². The van der Waals surface area contributed by atoms with Crippen LogP contribution in [-0.4, -0.2) is 68.3 Å². The Morgan fingerprint density at radius 3 is 2.50 bits per heavy atom. The summed E-state index contributed by atoms with van der Waals surface area (Å²) in [6, 6.07) is 8.61. The molecule has 3 aromatic rings. The molecule has 3 aromatic heterocycles. The lowest BCUT2D eigenvalue weighted by molar-refractivity contribution is 0.0709. The van der Waals surface area contributed by atoms with Gasteiger partial charge >= 0.3 is 6.09 Å². The van der Waals surface area contributed by atoms with E-state index in [2.05, 4.69) is 14.9 Å². The first-order chi connectivity index (χ1) is 16.5. The van der Waals surface area contributed by atoms with E-state index in [1.165, 1.54) is 0 Å². The number of hydrogen-bond donors (Lipinski definition) is 1. The third kappa shape index (κ3) is 4.94. The maximum Gasteiger partial charge on any atom is 0.409 e. The molecule has 1 fully saturated rings. The molecule has 0 spiro atoms. The van der Waals surface area contributed by atoms with Crippen molar-refractivity contribution in [1.82, 2.24) is 24.3 Å². The maximum absolute atomic E-state index is 13.8. The Kier molecular flexibility index (Phi) is 7.22. The molecule has 178 valence electrons. The van der Waals surface area contributed by atoms with E-state index in [1.807, 2.05) is 24.3 Å². The van der Waals surface area contributed by atoms with Crippen molar-refractivity contribution in [3.63, 3.8) is 0 Å². The van der Waals surface area contributed by atoms with Crippen LogP contribution in [0.4, 0.5) is 4.79 Å². The SMILES string of the molecule is CCOC(=O)N1CCN([C@H](c2ccncc2)c2c(O)cc(C)n(Cc3cccnc3)c2=O)CC1. The molecule has 9 heteroatoms. The predicted octanol–water partition coefficient (Wildman–Crippen LogP) is 2.56. The van der Waals surface area contributed by atoms with Gasteiger partial charge in [-0.05, 0) is 49.2 Å². The zero-order chi connectivity index (χ0) is 24.1. The first-order valence-electron chi connectivity index (χ1n) is 11.4. The number of hydrogen-bond acceptors (Lipinski definition) is 7. The van der Waals surface area contributed by atoms with E-state index in [0.717, 1.165) is 11.1 Å². The summed E-state index contributed by atoms with van der Waals surface area (Å²) in [7, 11) is 0. The Labute approximate surface area is 198 Å². The summed E-state index contributed by atoms with van der Waals surface area (Å²) in [6.07, 6.45) is 6.44. The molecule has 0 aliphatic carbocycles. The topological polar surface area (TPSA) is 101 Å². The largest absolute Gasteiger partial charge is 0.507 e. The standard InChI is InChI=1S/C25H29N5O4/c1-3-34-25(33)29-13-11-28(12-14-29)23(20-6-9-26-10-7-20)22-21(31)15-18(2)30(24(22)32)17-19-5-4-8-27-16-19/h4-10,15-16,23,31H,3,11-14,17H2,1-2H3/t23-/m1/s1. The highest BCUT2D eigenvalue weighted by atomic mass is 16.6. The zero-order valence-electron chi connectivity index (χ0n) is 19.4. The molecule has 1 amide bonds. The summed E-state index contributed by atoms with van der Waals surface area (Å²) < 4.78 is 6.79. The van der Waals surface area contributed by atoms with Crippen molar-refractivity contribution >= 4 is 6.09 Å². The fourth-order valence-corrected chi connectivity index (χ4v) is 4.38. The molecule has 1 N–H and O–H groups in total. The van der Waals surface area contributed by atoms with Crippen molar-refractivity contribution in [2.75, 3.05) is 32.8 Å². The van der Waals surface area contributed by atoms with Crippen LogP contribution in [-0.2, 0) is 11.3 Å². The van der Waals surface area contributed by atoms with E-state index in [-0.39, 0.29) is 17.4 Å². The summed E-state index contributed by atoms with van der Waals surface area (Å²) in [6.45, 7) is 6.26. The number of nitrogens with zero attached hydrogens (tertiary/aromatic N) is 5. The van der Waals surface area contributed by atoms with Crippen molar-refractivity contribution in [2.24, 2.45) is 0 Å². The molecule has 1 atom stereocenters. The van der Waals surface area contributed by atoms with Gasteiger partial charge in [-0.25, -0.2) is 4.79 Å². The number of piperazine rings is 1. The Hall–Kier alpha value is -3.72. The summed E-state index contributed by atoms with van der Waals surface area (Å²) in [5, 5.41) is 11.0. The van der Waals surface area contributed by atoms with Crippen LogP contribution in [0.25, 0.3) is 0 Å². The third-order valence-corrected chi connectivity index (χ3v) is 6.09. The van der Waals surface area contributed by atoms with Gasteiger partial charge in [-0.2, -0.15) is 0 Å². The van der Waals surface area contributed by atoms with Crippen molar-refractivity contribution in [3.8, 4) is 5.75 Å². The Bertz CT molecular complexity index is 1180. The lowest BCUT2D eigenvalue weighted by Gasteiger charge is -2.39. The molecular weight excluding hydrogens is 434 g/mol. The number of amides is 1. The Balaban J connectivity index is 1.72. The smallest absolute Gasteiger partial charge is 0.409 e. The van der Waals surface area contributed by atoms with Gasteiger partial charge in [-0.1, -0.05) is 6.07 Å². The first kappa shape index (κ1) is 23.4. The molecule has 4 rings (SSSR count). The second-order valence-electron chi connectivity index (χ2n) is 8.24. The van der Waals surface area contributed by atoms with Gasteiger partial charge in [0.25, 0.3) is 5.56 Å². The van der Waals surface area contributed by atoms with Crippen molar-refractivity contribution in [3.05, 3.63) is 87.9 Å². The fraction of sp³-hybridized carbons (Fsp3) is 0.360. The van der Waals surface area contributed by atoms with Crippen LogP contribution < -0.4 is 5.56 Å². The maximum atomic E-state index is 13.8. The van der Waals surface area contributed by atoms with Gasteiger partial charge in [-0.3, -0.25) is 19.7 Å². The van der Waals surface area contributed by atoms with Crippen LogP contribution in [0, 0.1) is 6.92 Å². The highest BCUT2D eigenvalue weighted by Crippen LogP contribution is 2.33. The van der Waals surface area contributed by atoms with Crippen molar-refractivity contribution in [2.45, 2.75) is 26.4 Å². The Morgan fingerprint density at radius 1 is 1.12 bits per heavy atom. The molecular formula is C25H29N5O4. The number of aromatic nitrogens is 3. The molecule has 0 radical (unpaired) electrons. The summed E-state index contributed by atoms with van der Waals surface area (Å²) in [5.41, 5.74) is 2.47. The van der Waals surface area contributed by atoms with Crippen LogP contribution in [0.15, 0.2) is 59.9 Å². The molecule has 34 heavy (non-hydrogen) atoms.